The molecule has 0 aliphatic carbocycles. The van der Waals surface area contributed by atoms with Gasteiger partial charge in [0.05, 0.1) is 4.08 Å². The van der Waals surface area contributed by atoms with E-state index in [4.69, 9.17) is 18.9 Å². The van der Waals surface area contributed by atoms with Gasteiger partial charge >= 0.3 is 0 Å². The molecule has 0 aromatic carbocycles. The zero-order valence-corrected chi connectivity index (χ0v) is 14.9. The highest BCUT2D eigenvalue weighted by atomic mass is 32.2. The fourth-order valence-corrected chi connectivity index (χ4v) is 5.97. The van der Waals surface area contributed by atoms with Crippen molar-refractivity contribution in [2.45, 2.75) is 48.8 Å². The summed E-state index contributed by atoms with van der Waals surface area (Å²) >= 11 is 3.97. The lowest BCUT2D eigenvalue weighted by Gasteiger charge is -2.43. The quantitative estimate of drug-likeness (QED) is 0.605. The SMILES string of the molecule is CCC(CC1(CC(OC)OC)SCCCS1)(OC)OC. The number of ether oxygens (including phenoxy) is 4. The molecule has 6 heteroatoms. The molecule has 1 saturated heterocycles. The van der Waals surface area contributed by atoms with Crippen LogP contribution in [0.2, 0.25) is 0 Å². The third-order valence-corrected chi connectivity index (χ3v) is 7.21. The molecule has 0 N–H and O–H groups in total. The van der Waals surface area contributed by atoms with Gasteiger partial charge in [0.2, 0.25) is 0 Å². The van der Waals surface area contributed by atoms with Crippen LogP contribution in [-0.2, 0) is 18.9 Å². The summed E-state index contributed by atoms with van der Waals surface area (Å²) in [5, 5.41) is 0. The van der Waals surface area contributed by atoms with Crippen molar-refractivity contribution >= 4 is 23.5 Å². The number of methoxy groups -OCH3 is 4. The molecule has 0 saturated carbocycles. The van der Waals surface area contributed by atoms with Crippen molar-refractivity contribution in [3.8, 4) is 0 Å². The average Bonchev–Trinajstić information content (AvgIpc) is 2.51. The van der Waals surface area contributed by atoms with Gasteiger partial charge in [-0.15, -0.1) is 23.5 Å². The zero-order valence-electron chi connectivity index (χ0n) is 13.3. The van der Waals surface area contributed by atoms with Crippen molar-refractivity contribution in [2.75, 3.05) is 39.9 Å². The van der Waals surface area contributed by atoms with E-state index in [9.17, 15) is 0 Å². The molecule has 4 nitrogen and oxygen atoms in total. The van der Waals surface area contributed by atoms with Gasteiger partial charge in [-0.25, -0.2) is 0 Å². The van der Waals surface area contributed by atoms with E-state index in [1.54, 1.807) is 28.4 Å². The maximum Gasteiger partial charge on any atom is 0.169 e. The van der Waals surface area contributed by atoms with Gasteiger partial charge in [0.25, 0.3) is 0 Å². The fraction of sp³-hybridized carbons (Fsp3) is 1.00. The second-order valence-electron chi connectivity index (χ2n) is 4.92. The average molecular weight is 325 g/mol. The minimum absolute atomic E-state index is 0.0248. The van der Waals surface area contributed by atoms with E-state index in [0.717, 1.165) is 19.3 Å². The van der Waals surface area contributed by atoms with Gasteiger partial charge in [0, 0.05) is 41.3 Å². The summed E-state index contributed by atoms with van der Waals surface area (Å²) < 4.78 is 22.2. The van der Waals surface area contributed by atoms with Crippen LogP contribution in [0, 0.1) is 0 Å². The monoisotopic (exact) mass is 324 g/mol. The summed E-state index contributed by atoms with van der Waals surface area (Å²) in [5.41, 5.74) is 0. The van der Waals surface area contributed by atoms with E-state index in [2.05, 4.69) is 6.92 Å². The molecular weight excluding hydrogens is 296 g/mol. The van der Waals surface area contributed by atoms with Crippen molar-refractivity contribution in [3.05, 3.63) is 0 Å². The van der Waals surface area contributed by atoms with Gasteiger partial charge in [-0.2, -0.15) is 0 Å². The van der Waals surface area contributed by atoms with E-state index in [-0.39, 0.29) is 10.4 Å². The first kappa shape index (κ1) is 18.6. The Labute approximate surface area is 131 Å². The normalized spacial score (nSPS) is 19.5. The Bertz CT molecular complexity index is 254. The Morgan fingerprint density at radius 2 is 1.60 bits per heavy atom. The lowest BCUT2D eigenvalue weighted by atomic mass is 10.0. The number of hydrogen-bond donors (Lipinski definition) is 0. The molecule has 0 unspecified atom stereocenters. The van der Waals surface area contributed by atoms with Crippen molar-refractivity contribution in [1.29, 1.82) is 0 Å². The molecule has 120 valence electrons. The molecule has 1 aliphatic rings. The van der Waals surface area contributed by atoms with Crippen LogP contribution in [0.3, 0.4) is 0 Å². The van der Waals surface area contributed by atoms with Gasteiger partial charge in [0.15, 0.2) is 12.1 Å². The van der Waals surface area contributed by atoms with E-state index >= 15 is 0 Å². The number of rotatable bonds is 9. The van der Waals surface area contributed by atoms with E-state index in [1.165, 1.54) is 17.9 Å². The first-order valence-electron chi connectivity index (χ1n) is 7.03. The van der Waals surface area contributed by atoms with Crippen LogP contribution in [0.1, 0.15) is 32.6 Å². The lowest BCUT2D eigenvalue weighted by molar-refractivity contribution is -0.215. The van der Waals surface area contributed by atoms with Crippen LogP contribution in [0.15, 0.2) is 0 Å². The maximum atomic E-state index is 5.68. The van der Waals surface area contributed by atoms with E-state index < -0.39 is 5.79 Å². The van der Waals surface area contributed by atoms with Crippen LogP contribution < -0.4 is 0 Å². The number of hydrogen-bond acceptors (Lipinski definition) is 6. The molecule has 20 heavy (non-hydrogen) atoms. The predicted octanol–water partition coefficient (Wildman–Crippen LogP) is 3.35. The first-order valence-corrected chi connectivity index (χ1v) is 9.00. The maximum absolute atomic E-state index is 5.68. The second kappa shape index (κ2) is 8.86. The third-order valence-electron chi connectivity index (χ3n) is 3.84. The highest BCUT2D eigenvalue weighted by Gasteiger charge is 2.44. The molecule has 0 aromatic heterocycles. The van der Waals surface area contributed by atoms with Gasteiger partial charge < -0.3 is 18.9 Å². The Kier molecular flexibility index (Phi) is 8.23. The van der Waals surface area contributed by atoms with Gasteiger partial charge in [-0.1, -0.05) is 6.92 Å². The highest BCUT2D eigenvalue weighted by molar-refractivity contribution is 8.18. The largest absolute Gasteiger partial charge is 0.356 e. The standard InChI is InChI=1S/C14H28O4S2/c1-6-13(17-4,18-5)11-14(10-12(15-2)16-3)19-8-7-9-20-14/h12H,6-11H2,1-5H3. The number of thioether (sulfide) groups is 2. The van der Waals surface area contributed by atoms with Crippen LogP contribution in [-0.4, -0.2) is 56.1 Å². The van der Waals surface area contributed by atoms with Gasteiger partial charge in [-0.05, 0) is 24.3 Å². The molecule has 0 amide bonds. The van der Waals surface area contributed by atoms with Crippen molar-refractivity contribution in [3.63, 3.8) is 0 Å². The van der Waals surface area contributed by atoms with Crippen LogP contribution in [0.25, 0.3) is 0 Å². The molecule has 0 atom stereocenters. The van der Waals surface area contributed by atoms with Crippen molar-refractivity contribution in [1.82, 2.24) is 0 Å². The van der Waals surface area contributed by atoms with Gasteiger partial charge in [-0.3, -0.25) is 0 Å². The molecule has 1 heterocycles. The summed E-state index contributed by atoms with van der Waals surface area (Å²) in [7, 11) is 6.84. The van der Waals surface area contributed by atoms with Crippen LogP contribution >= 0.6 is 23.5 Å². The van der Waals surface area contributed by atoms with Crippen LogP contribution in [0.4, 0.5) is 0 Å². The molecule has 0 radical (unpaired) electrons. The molecule has 1 rings (SSSR count). The Morgan fingerprint density at radius 3 is 2.00 bits per heavy atom. The van der Waals surface area contributed by atoms with E-state index in [1.807, 2.05) is 23.5 Å². The van der Waals surface area contributed by atoms with E-state index in [0.29, 0.717) is 0 Å². The highest BCUT2D eigenvalue weighted by Crippen LogP contribution is 2.51. The predicted molar refractivity (Wildman–Crippen MR) is 86.3 cm³/mol. The minimum atomic E-state index is -0.524. The molecule has 1 fully saturated rings. The third kappa shape index (κ3) is 4.78. The minimum Gasteiger partial charge on any atom is -0.356 e. The molecule has 0 bridgehead atoms. The molecule has 0 spiro atoms. The molecule has 0 aromatic rings. The molecule has 1 aliphatic heterocycles. The van der Waals surface area contributed by atoms with Crippen molar-refractivity contribution in [2.24, 2.45) is 0 Å². The lowest BCUT2D eigenvalue weighted by Crippen LogP contribution is -2.43. The summed E-state index contributed by atoms with van der Waals surface area (Å²) in [6.07, 6.45) is 3.57. The zero-order chi connectivity index (χ0) is 15.1. The smallest absolute Gasteiger partial charge is 0.169 e. The Hall–Kier alpha value is 0.540. The Balaban J connectivity index is 2.87. The first-order chi connectivity index (χ1) is 9.59. The van der Waals surface area contributed by atoms with Gasteiger partial charge in [0.1, 0.15) is 0 Å². The van der Waals surface area contributed by atoms with Crippen LogP contribution in [0.5, 0.6) is 0 Å². The fourth-order valence-electron chi connectivity index (χ4n) is 2.48. The second-order valence-corrected chi connectivity index (χ2v) is 8.13. The Morgan fingerprint density at radius 1 is 1.05 bits per heavy atom. The summed E-state index contributed by atoms with van der Waals surface area (Å²) in [6, 6.07) is 0. The summed E-state index contributed by atoms with van der Waals surface area (Å²) in [5.74, 6) is 1.81. The topological polar surface area (TPSA) is 36.9 Å². The van der Waals surface area contributed by atoms with Crippen molar-refractivity contribution < 1.29 is 18.9 Å². The molecular formula is C14H28O4S2. The summed E-state index contributed by atoms with van der Waals surface area (Å²) in [4.78, 5) is 0. The summed E-state index contributed by atoms with van der Waals surface area (Å²) in [6.45, 7) is 2.10.